The van der Waals surface area contributed by atoms with Crippen LogP contribution in [0.4, 0.5) is 0 Å². The van der Waals surface area contributed by atoms with Crippen LogP contribution >= 0.6 is 33.9 Å². The molecule has 0 spiro atoms. The number of aromatic nitrogens is 2. The molecule has 0 unspecified atom stereocenters. The van der Waals surface area contributed by atoms with E-state index >= 15 is 0 Å². The number of ether oxygens (including phenoxy) is 2. The maximum Gasteiger partial charge on any atom is 0.274 e. The lowest BCUT2D eigenvalue weighted by Gasteiger charge is -2.11. The first-order chi connectivity index (χ1) is 15.1. The third kappa shape index (κ3) is 3.90. The molecule has 3 aromatic carbocycles. The van der Waals surface area contributed by atoms with Crippen molar-refractivity contribution in [3.63, 3.8) is 0 Å². The smallest absolute Gasteiger partial charge is 0.274 e. The van der Waals surface area contributed by atoms with E-state index in [1.165, 1.54) is 14.9 Å². The first-order valence-corrected chi connectivity index (χ1v) is 11.5. The van der Waals surface area contributed by atoms with E-state index in [1.54, 1.807) is 11.5 Å². The molecule has 2 heterocycles. The van der Waals surface area contributed by atoms with Gasteiger partial charge in [-0.25, -0.2) is 9.38 Å². The molecule has 0 bridgehead atoms. The predicted octanol–water partition coefficient (Wildman–Crippen LogP) is 4.65. The molecule has 0 N–H and O–H groups in total. The van der Waals surface area contributed by atoms with Crippen LogP contribution in [0.2, 0.25) is 0 Å². The highest BCUT2D eigenvalue weighted by atomic mass is 127. The Labute approximate surface area is 195 Å². The van der Waals surface area contributed by atoms with Crippen LogP contribution in [0.5, 0.6) is 11.5 Å². The molecule has 0 aliphatic rings. The first kappa shape index (κ1) is 20.0. The van der Waals surface area contributed by atoms with Crippen LogP contribution in [0.25, 0.3) is 22.1 Å². The van der Waals surface area contributed by atoms with Gasteiger partial charge >= 0.3 is 0 Å². The Bertz CT molecular complexity index is 1510. The summed E-state index contributed by atoms with van der Waals surface area (Å²) in [6.45, 7) is 0.455. The summed E-state index contributed by atoms with van der Waals surface area (Å²) in [5.74, 6) is 1.28. The third-order valence-electron chi connectivity index (χ3n) is 4.94. The molecular formula is C24H17IN2O3S. The van der Waals surface area contributed by atoms with Gasteiger partial charge in [-0.2, -0.15) is 0 Å². The van der Waals surface area contributed by atoms with Crippen molar-refractivity contribution in [2.24, 2.45) is 0 Å². The molecule has 0 atom stereocenters. The van der Waals surface area contributed by atoms with Gasteiger partial charge in [-0.3, -0.25) is 4.79 Å². The van der Waals surface area contributed by atoms with E-state index in [0.717, 1.165) is 22.2 Å². The Kier molecular flexibility index (Phi) is 5.37. The molecule has 0 radical (unpaired) electrons. The van der Waals surface area contributed by atoms with Crippen LogP contribution in [0, 0.1) is 3.57 Å². The van der Waals surface area contributed by atoms with Crippen molar-refractivity contribution in [3.8, 4) is 11.5 Å². The summed E-state index contributed by atoms with van der Waals surface area (Å²) in [7, 11) is 1.61. The van der Waals surface area contributed by atoms with Gasteiger partial charge in [0.05, 0.1) is 22.7 Å². The molecule has 0 saturated carbocycles. The zero-order valence-corrected chi connectivity index (χ0v) is 19.5. The van der Waals surface area contributed by atoms with Crippen LogP contribution in [0.3, 0.4) is 0 Å². The van der Waals surface area contributed by atoms with Crippen LogP contribution in [0.1, 0.15) is 11.1 Å². The minimum atomic E-state index is -0.0632. The average Bonchev–Trinajstić information content (AvgIpc) is 3.30. The lowest BCUT2D eigenvalue weighted by Crippen LogP contribution is -2.22. The van der Waals surface area contributed by atoms with Gasteiger partial charge in [0.15, 0.2) is 16.5 Å². The van der Waals surface area contributed by atoms with E-state index in [4.69, 9.17) is 9.47 Å². The molecule has 0 amide bonds. The van der Waals surface area contributed by atoms with Gasteiger partial charge in [-0.15, -0.1) is 0 Å². The zero-order valence-electron chi connectivity index (χ0n) is 16.5. The van der Waals surface area contributed by atoms with Crippen LogP contribution in [-0.4, -0.2) is 16.5 Å². The second-order valence-electron chi connectivity index (χ2n) is 6.96. The number of halogens is 1. The van der Waals surface area contributed by atoms with Crippen molar-refractivity contribution < 1.29 is 9.47 Å². The molecule has 2 aromatic heterocycles. The van der Waals surface area contributed by atoms with E-state index in [2.05, 4.69) is 39.7 Å². The SMILES string of the molecule is COc1cc(C=c2sc3nc4ccccc4n3c2=O)ccc1OCc1ccc(I)cc1. The van der Waals surface area contributed by atoms with E-state index in [-0.39, 0.29) is 5.56 Å². The molecule has 154 valence electrons. The quantitative estimate of drug-likeness (QED) is 0.305. The number of para-hydroxylation sites is 2. The van der Waals surface area contributed by atoms with Crippen molar-refractivity contribution in [2.45, 2.75) is 6.61 Å². The number of hydrogen-bond donors (Lipinski definition) is 0. The van der Waals surface area contributed by atoms with Crippen molar-refractivity contribution in [3.05, 3.63) is 96.3 Å². The van der Waals surface area contributed by atoms with Crippen molar-refractivity contribution in [1.82, 2.24) is 9.38 Å². The fraction of sp³-hybridized carbons (Fsp3) is 0.0833. The Morgan fingerprint density at radius 2 is 1.87 bits per heavy atom. The van der Waals surface area contributed by atoms with Crippen LogP contribution in [0.15, 0.2) is 71.5 Å². The monoisotopic (exact) mass is 540 g/mol. The highest BCUT2D eigenvalue weighted by Gasteiger charge is 2.11. The average molecular weight is 540 g/mol. The molecule has 5 aromatic rings. The van der Waals surface area contributed by atoms with Crippen LogP contribution in [-0.2, 0) is 6.61 Å². The molecule has 7 heteroatoms. The van der Waals surface area contributed by atoms with E-state index in [1.807, 2.05) is 60.7 Å². The van der Waals surface area contributed by atoms with Gasteiger partial charge in [0.2, 0.25) is 0 Å². The Balaban J connectivity index is 1.46. The summed E-state index contributed by atoms with van der Waals surface area (Å²) in [4.78, 5) is 18.2. The van der Waals surface area contributed by atoms with Gasteiger partial charge in [-0.1, -0.05) is 41.7 Å². The first-order valence-electron chi connectivity index (χ1n) is 9.59. The minimum Gasteiger partial charge on any atom is -0.493 e. The Hall–Kier alpha value is -2.91. The summed E-state index contributed by atoms with van der Waals surface area (Å²) in [6.07, 6.45) is 1.86. The number of nitrogens with zero attached hydrogens (tertiary/aromatic N) is 2. The number of hydrogen-bond acceptors (Lipinski definition) is 5. The summed E-state index contributed by atoms with van der Waals surface area (Å²) < 4.78 is 15.0. The lowest BCUT2D eigenvalue weighted by molar-refractivity contribution is 0.284. The highest BCUT2D eigenvalue weighted by molar-refractivity contribution is 14.1. The second kappa shape index (κ2) is 8.32. The topological polar surface area (TPSA) is 52.8 Å². The maximum absolute atomic E-state index is 13.0. The number of rotatable bonds is 5. The van der Waals surface area contributed by atoms with Gasteiger partial charge in [0.1, 0.15) is 6.61 Å². The number of fused-ring (bicyclic) bond motifs is 3. The molecule has 0 aliphatic heterocycles. The van der Waals surface area contributed by atoms with Gasteiger partial charge in [0, 0.05) is 3.57 Å². The number of methoxy groups -OCH3 is 1. The normalized spacial score (nSPS) is 12.0. The second-order valence-corrected chi connectivity index (χ2v) is 9.21. The summed E-state index contributed by atoms with van der Waals surface area (Å²) in [5.41, 5.74) is 3.54. The highest BCUT2D eigenvalue weighted by Crippen LogP contribution is 2.29. The minimum absolute atomic E-state index is 0.0632. The predicted molar refractivity (Wildman–Crippen MR) is 132 cm³/mol. The largest absolute Gasteiger partial charge is 0.493 e. The van der Waals surface area contributed by atoms with E-state index in [9.17, 15) is 4.79 Å². The van der Waals surface area contributed by atoms with E-state index in [0.29, 0.717) is 27.6 Å². The molecule has 5 rings (SSSR count). The Morgan fingerprint density at radius 1 is 1.06 bits per heavy atom. The third-order valence-corrected chi connectivity index (χ3v) is 6.63. The van der Waals surface area contributed by atoms with Crippen molar-refractivity contribution in [2.75, 3.05) is 7.11 Å². The summed E-state index contributed by atoms with van der Waals surface area (Å²) in [6, 6.07) is 21.5. The number of thiazole rings is 1. The van der Waals surface area contributed by atoms with E-state index < -0.39 is 0 Å². The lowest BCUT2D eigenvalue weighted by atomic mass is 10.2. The molecular weight excluding hydrogens is 523 g/mol. The molecule has 0 saturated heterocycles. The fourth-order valence-corrected chi connectivity index (χ4v) is 4.74. The summed E-state index contributed by atoms with van der Waals surface area (Å²) >= 11 is 3.66. The summed E-state index contributed by atoms with van der Waals surface area (Å²) in [5, 5.41) is 0. The van der Waals surface area contributed by atoms with Crippen molar-refractivity contribution in [1.29, 1.82) is 0 Å². The van der Waals surface area contributed by atoms with Crippen molar-refractivity contribution >= 4 is 56.0 Å². The van der Waals surface area contributed by atoms with Gasteiger partial charge in [-0.05, 0) is 76.2 Å². The fourth-order valence-electron chi connectivity index (χ4n) is 3.40. The zero-order chi connectivity index (χ0) is 21.4. The van der Waals surface area contributed by atoms with Gasteiger partial charge < -0.3 is 9.47 Å². The Morgan fingerprint density at radius 3 is 2.68 bits per heavy atom. The van der Waals surface area contributed by atoms with Gasteiger partial charge in [0.25, 0.3) is 5.56 Å². The molecule has 31 heavy (non-hydrogen) atoms. The molecule has 0 fully saturated rings. The standard InChI is InChI=1S/C24H17IN2O3S/c1-29-21-12-16(8-11-20(21)30-14-15-6-9-17(25)10-7-15)13-22-23(28)27-19-5-3-2-4-18(19)26-24(27)31-22/h2-13H,14H2,1H3. The maximum atomic E-state index is 13.0. The number of benzene rings is 3. The number of imidazole rings is 1. The molecule has 5 nitrogen and oxygen atoms in total. The van der Waals surface area contributed by atoms with Crippen LogP contribution < -0.4 is 19.6 Å². The molecule has 0 aliphatic carbocycles.